The van der Waals surface area contributed by atoms with Crippen LogP contribution in [-0.2, 0) is 16.0 Å². The van der Waals surface area contributed by atoms with E-state index < -0.39 is 0 Å². The van der Waals surface area contributed by atoms with Crippen molar-refractivity contribution in [1.82, 2.24) is 10.2 Å². The molecule has 2 amide bonds. The molecule has 2 aromatic carbocycles. The van der Waals surface area contributed by atoms with Gasteiger partial charge in [0.15, 0.2) is 0 Å². The van der Waals surface area contributed by atoms with Crippen LogP contribution in [0, 0.1) is 0 Å². The average Bonchev–Trinajstić information content (AvgIpc) is 3.11. The van der Waals surface area contributed by atoms with Gasteiger partial charge in [0, 0.05) is 6.54 Å². The number of hydrogen-bond acceptors (Lipinski definition) is 2. The van der Waals surface area contributed by atoms with Crippen LogP contribution in [0.1, 0.15) is 30.0 Å². The zero-order chi connectivity index (χ0) is 16.8. The van der Waals surface area contributed by atoms with Crippen molar-refractivity contribution in [1.29, 1.82) is 0 Å². The normalized spacial score (nSPS) is 16.8. The summed E-state index contributed by atoms with van der Waals surface area (Å²) in [5.41, 5.74) is 2.12. The van der Waals surface area contributed by atoms with E-state index in [-0.39, 0.29) is 24.4 Å². The summed E-state index contributed by atoms with van der Waals surface area (Å²) in [4.78, 5) is 26.4. The van der Waals surface area contributed by atoms with Crippen molar-refractivity contribution in [3.63, 3.8) is 0 Å². The minimum absolute atomic E-state index is 0.0113. The molecule has 0 radical (unpaired) electrons. The van der Waals surface area contributed by atoms with Gasteiger partial charge in [0.2, 0.25) is 11.8 Å². The lowest BCUT2D eigenvalue weighted by atomic mass is 10.0. The monoisotopic (exact) mass is 322 g/mol. The van der Waals surface area contributed by atoms with Crippen molar-refractivity contribution in [2.24, 2.45) is 0 Å². The SMILES string of the molecule is O=C(Cc1ccccc1)NCC(=O)N1CCCC1c1ccccc1. The largest absolute Gasteiger partial charge is 0.347 e. The minimum Gasteiger partial charge on any atom is -0.347 e. The highest BCUT2D eigenvalue weighted by atomic mass is 16.2. The highest BCUT2D eigenvalue weighted by molar-refractivity contribution is 5.86. The van der Waals surface area contributed by atoms with Gasteiger partial charge in [-0.05, 0) is 24.0 Å². The van der Waals surface area contributed by atoms with Crippen LogP contribution in [-0.4, -0.2) is 29.8 Å². The Morgan fingerprint density at radius 3 is 2.38 bits per heavy atom. The van der Waals surface area contributed by atoms with Crippen molar-refractivity contribution in [3.8, 4) is 0 Å². The van der Waals surface area contributed by atoms with Crippen LogP contribution in [0.25, 0.3) is 0 Å². The molecule has 3 rings (SSSR count). The molecule has 1 fully saturated rings. The van der Waals surface area contributed by atoms with Crippen LogP contribution in [0.4, 0.5) is 0 Å². The molecule has 1 N–H and O–H groups in total. The number of amides is 2. The molecule has 1 atom stereocenters. The summed E-state index contributed by atoms with van der Waals surface area (Å²) in [7, 11) is 0. The van der Waals surface area contributed by atoms with Gasteiger partial charge < -0.3 is 10.2 Å². The molecule has 124 valence electrons. The molecule has 1 aliphatic heterocycles. The first-order valence-electron chi connectivity index (χ1n) is 8.39. The minimum atomic E-state index is -0.120. The van der Waals surface area contributed by atoms with Crippen molar-refractivity contribution >= 4 is 11.8 Å². The van der Waals surface area contributed by atoms with Crippen molar-refractivity contribution < 1.29 is 9.59 Å². The summed E-state index contributed by atoms with van der Waals surface area (Å²) >= 11 is 0. The number of likely N-dealkylation sites (tertiary alicyclic amines) is 1. The number of benzene rings is 2. The van der Waals surface area contributed by atoms with E-state index in [9.17, 15) is 9.59 Å². The molecule has 1 heterocycles. The van der Waals surface area contributed by atoms with E-state index in [0.717, 1.165) is 24.9 Å². The lowest BCUT2D eigenvalue weighted by Crippen LogP contribution is -2.40. The molecule has 1 saturated heterocycles. The van der Waals surface area contributed by atoms with Crippen LogP contribution in [0.15, 0.2) is 60.7 Å². The second kappa shape index (κ2) is 7.77. The molecule has 0 aromatic heterocycles. The van der Waals surface area contributed by atoms with E-state index in [1.54, 1.807) is 0 Å². The molecule has 1 aliphatic rings. The molecular formula is C20H22N2O2. The molecule has 0 spiro atoms. The summed E-state index contributed by atoms with van der Waals surface area (Å²) in [5.74, 6) is -0.132. The van der Waals surface area contributed by atoms with Crippen LogP contribution in [0.2, 0.25) is 0 Å². The molecule has 0 bridgehead atoms. The second-order valence-corrected chi connectivity index (χ2v) is 6.09. The fourth-order valence-electron chi connectivity index (χ4n) is 3.21. The second-order valence-electron chi connectivity index (χ2n) is 6.09. The third-order valence-corrected chi connectivity index (χ3v) is 4.40. The Kier molecular flexibility index (Phi) is 5.26. The van der Waals surface area contributed by atoms with Gasteiger partial charge in [0.05, 0.1) is 19.0 Å². The third kappa shape index (κ3) is 4.02. The van der Waals surface area contributed by atoms with Crippen LogP contribution in [0.3, 0.4) is 0 Å². The highest BCUT2D eigenvalue weighted by Gasteiger charge is 2.29. The summed E-state index contributed by atoms with van der Waals surface area (Å²) in [5, 5.41) is 2.75. The first kappa shape index (κ1) is 16.2. The highest BCUT2D eigenvalue weighted by Crippen LogP contribution is 2.31. The predicted molar refractivity (Wildman–Crippen MR) is 93.3 cm³/mol. The Labute approximate surface area is 142 Å². The molecule has 24 heavy (non-hydrogen) atoms. The maximum atomic E-state index is 12.5. The maximum absolute atomic E-state index is 12.5. The summed E-state index contributed by atoms with van der Waals surface area (Å²) in [6, 6.07) is 19.8. The summed E-state index contributed by atoms with van der Waals surface area (Å²) in [6.07, 6.45) is 2.28. The molecule has 4 heteroatoms. The number of nitrogens with zero attached hydrogens (tertiary/aromatic N) is 1. The first-order chi connectivity index (χ1) is 11.7. The van der Waals surface area contributed by atoms with Gasteiger partial charge in [-0.2, -0.15) is 0 Å². The molecule has 0 saturated carbocycles. The fourth-order valence-corrected chi connectivity index (χ4v) is 3.21. The molecule has 2 aromatic rings. The zero-order valence-electron chi connectivity index (χ0n) is 13.7. The number of carbonyl (C=O) groups excluding carboxylic acids is 2. The number of rotatable bonds is 5. The van der Waals surface area contributed by atoms with Crippen LogP contribution >= 0.6 is 0 Å². The molecule has 4 nitrogen and oxygen atoms in total. The van der Waals surface area contributed by atoms with Gasteiger partial charge in [-0.3, -0.25) is 9.59 Å². The van der Waals surface area contributed by atoms with E-state index in [1.807, 2.05) is 53.4 Å². The predicted octanol–water partition coefficient (Wildman–Crippen LogP) is 2.71. The van der Waals surface area contributed by atoms with Crippen LogP contribution in [0.5, 0.6) is 0 Å². The number of carbonyl (C=O) groups is 2. The number of nitrogens with one attached hydrogen (secondary N) is 1. The first-order valence-corrected chi connectivity index (χ1v) is 8.39. The van der Waals surface area contributed by atoms with Gasteiger partial charge in [-0.15, -0.1) is 0 Å². The van der Waals surface area contributed by atoms with Gasteiger partial charge in [-0.25, -0.2) is 0 Å². The van der Waals surface area contributed by atoms with Crippen molar-refractivity contribution in [3.05, 3.63) is 71.8 Å². The molecule has 0 aliphatic carbocycles. The van der Waals surface area contributed by atoms with E-state index in [4.69, 9.17) is 0 Å². The maximum Gasteiger partial charge on any atom is 0.242 e. The van der Waals surface area contributed by atoms with Gasteiger partial charge >= 0.3 is 0 Å². The van der Waals surface area contributed by atoms with Gasteiger partial charge in [0.25, 0.3) is 0 Å². The third-order valence-electron chi connectivity index (χ3n) is 4.40. The van der Waals surface area contributed by atoms with E-state index in [1.165, 1.54) is 5.56 Å². The Balaban J connectivity index is 1.54. The Morgan fingerprint density at radius 1 is 1.00 bits per heavy atom. The summed E-state index contributed by atoms with van der Waals surface area (Å²) < 4.78 is 0. The average molecular weight is 322 g/mol. The topological polar surface area (TPSA) is 49.4 Å². The zero-order valence-corrected chi connectivity index (χ0v) is 13.7. The quantitative estimate of drug-likeness (QED) is 0.920. The van der Waals surface area contributed by atoms with Crippen molar-refractivity contribution in [2.75, 3.05) is 13.1 Å². The lowest BCUT2D eigenvalue weighted by Gasteiger charge is -2.25. The number of hydrogen-bond donors (Lipinski definition) is 1. The Morgan fingerprint density at radius 2 is 1.67 bits per heavy atom. The van der Waals surface area contributed by atoms with Crippen LogP contribution < -0.4 is 5.32 Å². The van der Waals surface area contributed by atoms with Gasteiger partial charge in [0.1, 0.15) is 0 Å². The molecule has 1 unspecified atom stereocenters. The Bertz CT molecular complexity index is 685. The molecular weight excluding hydrogens is 300 g/mol. The smallest absolute Gasteiger partial charge is 0.242 e. The summed E-state index contributed by atoms with van der Waals surface area (Å²) in [6.45, 7) is 0.821. The Hall–Kier alpha value is -2.62. The standard InChI is InChI=1S/C20H22N2O2/c23-19(14-16-8-3-1-4-9-16)21-15-20(24)22-13-7-12-18(22)17-10-5-2-6-11-17/h1-6,8-11,18H,7,12-15H2,(H,21,23). The lowest BCUT2D eigenvalue weighted by molar-refractivity contribution is -0.133. The fraction of sp³-hybridized carbons (Fsp3) is 0.300. The van der Waals surface area contributed by atoms with E-state index in [2.05, 4.69) is 17.4 Å². The van der Waals surface area contributed by atoms with Gasteiger partial charge in [-0.1, -0.05) is 60.7 Å². The van der Waals surface area contributed by atoms with E-state index >= 15 is 0 Å². The van der Waals surface area contributed by atoms with E-state index in [0.29, 0.717) is 6.42 Å². The van der Waals surface area contributed by atoms with Crippen molar-refractivity contribution in [2.45, 2.75) is 25.3 Å².